The predicted octanol–water partition coefficient (Wildman–Crippen LogP) is 4.03. The number of fused-ring (bicyclic) bond motifs is 1. The number of nitrogens with zero attached hydrogens (tertiary/aromatic N) is 4. The SMILES string of the molecule is C[C@@H](Sc1nnc(N2CCCCC2)n1-c1ccccc1)C(=O)Nc1sc2c(c1C(N)=O)CCC2. The lowest BCUT2D eigenvalue weighted by atomic mass is 10.1. The Hall–Kier alpha value is -2.85. The number of anilines is 2. The quantitative estimate of drug-likeness (QED) is 0.479. The fourth-order valence-electron chi connectivity index (χ4n) is 4.62. The summed E-state index contributed by atoms with van der Waals surface area (Å²) in [5.41, 5.74) is 8.09. The zero-order valence-corrected chi connectivity index (χ0v) is 20.8. The van der Waals surface area contributed by atoms with E-state index >= 15 is 0 Å². The Morgan fingerprint density at radius 1 is 1.09 bits per heavy atom. The van der Waals surface area contributed by atoms with E-state index in [9.17, 15) is 9.59 Å². The lowest BCUT2D eigenvalue weighted by Gasteiger charge is -2.28. The number of hydrogen-bond donors (Lipinski definition) is 2. The second-order valence-corrected chi connectivity index (χ2v) is 11.1. The molecule has 5 rings (SSSR count). The second-order valence-electron chi connectivity index (χ2n) is 8.68. The van der Waals surface area contributed by atoms with Crippen molar-refractivity contribution in [1.29, 1.82) is 0 Å². The highest BCUT2D eigenvalue weighted by molar-refractivity contribution is 8.00. The van der Waals surface area contributed by atoms with Crippen molar-refractivity contribution in [3.63, 3.8) is 0 Å². The molecular formula is C24H28N6O2S2. The highest BCUT2D eigenvalue weighted by Crippen LogP contribution is 2.39. The lowest BCUT2D eigenvalue weighted by molar-refractivity contribution is -0.115. The Balaban J connectivity index is 1.39. The van der Waals surface area contributed by atoms with Crippen LogP contribution in [0.2, 0.25) is 0 Å². The van der Waals surface area contributed by atoms with Gasteiger partial charge in [-0.05, 0) is 63.1 Å². The van der Waals surface area contributed by atoms with Gasteiger partial charge in [-0.15, -0.1) is 21.5 Å². The molecule has 2 amide bonds. The van der Waals surface area contributed by atoms with Crippen molar-refractivity contribution in [1.82, 2.24) is 14.8 Å². The van der Waals surface area contributed by atoms with Crippen LogP contribution in [0.15, 0.2) is 35.5 Å². The van der Waals surface area contributed by atoms with Crippen molar-refractivity contribution in [2.24, 2.45) is 5.73 Å². The molecule has 1 fully saturated rings. The number of carbonyl (C=O) groups is 2. The van der Waals surface area contributed by atoms with Gasteiger partial charge in [0.05, 0.1) is 16.5 Å². The number of nitrogens with one attached hydrogen (secondary N) is 1. The van der Waals surface area contributed by atoms with Crippen LogP contribution in [0.5, 0.6) is 0 Å². The number of amides is 2. The van der Waals surface area contributed by atoms with E-state index < -0.39 is 11.2 Å². The number of rotatable bonds is 7. The smallest absolute Gasteiger partial charge is 0.251 e. The van der Waals surface area contributed by atoms with Gasteiger partial charge in [-0.25, -0.2) is 0 Å². The first-order chi connectivity index (χ1) is 16.5. The second kappa shape index (κ2) is 9.79. The van der Waals surface area contributed by atoms with Crippen LogP contribution in [0, 0.1) is 0 Å². The van der Waals surface area contributed by atoms with Crippen molar-refractivity contribution < 1.29 is 9.59 Å². The first-order valence-electron chi connectivity index (χ1n) is 11.7. The van der Waals surface area contributed by atoms with Gasteiger partial charge in [0, 0.05) is 18.0 Å². The lowest BCUT2D eigenvalue weighted by Crippen LogP contribution is -2.31. The molecule has 0 spiro atoms. The summed E-state index contributed by atoms with van der Waals surface area (Å²) >= 11 is 2.83. The van der Waals surface area contributed by atoms with Crippen LogP contribution in [0.4, 0.5) is 10.9 Å². The minimum absolute atomic E-state index is 0.186. The number of nitrogens with two attached hydrogens (primary N) is 1. The van der Waals surface area contributed by atoms with Gasteiger partial charge >= 0.3 is 0 Å². The maximum absolute atomic E-state index is 13.1. The van der Waals surface area contributed by atoms with Gasteiger partial charge in [0.1, 0.15) is 5.00 Å². The number of aromatic nitrogens is 3. The first kappa shape index (κ1) is 22.9. The van der Waals surface area contributed by atoms with E-state index in [0.717, 1.165) is 67.3 Å². The Bertz CT molecular complexity index is 1200. The summed E-state index contributed by atoms with van der Waals surface area (Å²) in [6, 6.07) is 10.0. The van der Waals surface area contributed by atoms with Crippen LogP contribution in [-0.2, 0) is 17.6 Å². The van der Waals surface area contributed by atoms with E-state index in [0.29, 0.717) is 15.7 Å². The Labute approximate surface area is 206 Å². The molecule has 178 valence electrons. The van der Waals surface area contributed by atoms with Crippen molar-refractivity contribution in [3.8, 4) is 5.69 Å². The molecule has 3 heterocycles. The number of thioether (sulfide) groups is 1. The largest absolute Gasteiger partial charge is 0.365 e. The Morgan fingerprint density at radius 3 is 2.59 bits per heavy atom. The fraction of sp³-hybridized carbons (Fsp3) is 0.417. The molecule has 3 aromatic rings. The molecule has 1 aromatic carbocycles. The third-order valence-corrected chi connectivity index (χ3v) is 8.58. The molecule has 1 atom stereocenters. The molecule has 0 bridgehead atoms. The topological polar surface area (TPSA) is 106 Å². The first-order valence-corrected chi connectivity index (χ1v) is 13.4. The number of carbonyl (C=O) groups excluding carboxylic acids is 2. The number of aryl methyl sites for hydroxylation is 1. The summed E-state index contributed by atoms with van der Waals surface area (Å²) in [5, 5.41) is 12.7. The number of primary amides is 1. The van der Waals surface area contributed by atoms with Gasteiger partial charge < -0.3 is 16.0 Å². The normalized spacial score (nSPS) is 16.3. The van der Waals surface area contributed by atoms with Crippen molar-refractivity contribution in [3.05, 3.63) is 46.3 Å². The number of hydrogen-bond acceptors (Lipinski definition) is 7. The van der Waals surface area contributed by atoms with Gasteiger partial charge in [0.2, 0.25) is 11.9 Å². The molecule has 0 radical (unpaired) electrons. The summed E-state index contributed by atoms with van der Waals surface area (Å²) < 4.78 is 2.04. The van der Waals surface area contributed by atoms with Crippen LogP contribution < -0.4 is 16.0 Å². The maximum atomic E-state index is 13.1. The molecule has 2 aromatic heterocycles. The molecule has 10 heteroatoms. The van der Waals surface area contributed by atoms with Crippen LogP contribution in [-0.4, -0.2) is 44.9 Å². The Kier molecular flexibility index (Phi) is 6.60. The third-order valence-electron chi connectivity index (χ3n) is 6.33. The van der Waals surface area contributed by atoms with E-state index in [4.69, 9.17) is 5.73 Å². The zero-order chi connectivity index (χ0) is 23.7. The number of piperidine rings is 1. The highest BCUT2D eigenvalue weighted by Gasteiger charge is 2.29. The van der Waals surface area contributed by atoms with Crippen LogP contribution in [0.3, 0.4) is 0 Å². The summed E-state index contributed by atoms with van der Waals surface area (Å²) in [6.07, 6.45) is 6.29. The summed E-state index contributed by atoms with van der Waals surface area (Å²) in [6.45, 7) is 3.74. The van der Waals surface area contributed by atoms with Gasteiger partial charge in [-0.2, -0.15) is 0 Å². The highest BCUT2D eigenvalue weighted by atomic mass is 32.2. The molecule has 0 unspecified atom stereocenters. The summed E-state index contributed by atoms with van der Waals surface area (Å²) in [7, 11) is 0. The Morgan fingerprint density at radius 2 is 1.85 bits per heavy atom. The van der Waals surface area contributed by atoms with Crippen molar-refractivity contribution >= 4 is 45.9 Å². The molecule has 1 saturated heterocycles. The molecule has 8 nitrogen and oxygen atoms in total. The van der Waals surface area contributed by atoms with Gasteiger partial charge in [-0.1, -0.05) is 30.0 Å². The average Bonchev–Trinajstić information content (AvgIpc) is 3.54. The van der Waals surface area contributed by atoms with E-state index in [1.54, 1.807) is 0 Å². The molecule has 2 aliphatic rings. The minimum Gasteiger partial charge on any atom is -0.365 e. The van der Waals surface area contributed by atoms with E-state index in [1.165, 1.54) is 29.5 Å². The van der Waals surface area contributed by atoms with Gasteiger partial charge in [-0.3, -0.25) is 14.2 Å². The van der Waals surface area contributed by atoms with Crippen molar-refractivity contribution in [2.75, 3.05) is 23.3 Å². The molecule has 1 aliphatic heterocycles. The fourth-order valence-corrected chi connectivity index (χ4v) is 6.78. The van der Waals surface area contributed by atoms with E-state index in [-0.39, 0.29) is 5.91 Å². The van der Waals surface area contributed by atoms with Crippen molar-refractivity contribution in [2.45, 2.75) is 55.9 Å². The number of para-hydroxylation sites is 1. The molecule has 1 aliphatic carbocycles. The zero-order valence-electron chi connectivity index (χ0n) is 19.1. The minimum atomic E-state index is -0.481. The number of thiophene rings is 1. The molecular weight excluding hydrogens is 468 g/mol. The van der Waals surface area contributed by atoms with Crippen LogP contribution in [0.25, 0.3) is 5.69 Å². The number of benzene rings is 1. The molecule has 34 heavy (non-hydrogen) atoms. The predicted molar refractivity (Wildman–Crippen MR) is 136 cm³/mol. The van der Waals surface area contributed by atoms with Gasteiger partial charge in [0.15, 0.2) is 5.16 Å². The van der Waals surface area contributed by atoms with Crippen LogP contribution >= 0.6 is 23.1 Å². The third kappa shape index (κ3) is 4.44. The maximum Gasteiger partial charge on any atom is 0.251 e. The molecule has 3 N–H and O–H groups in total. The molecule has 0 saturated carbocycles. The standard InChI is InChI=1S/C24H28N6O2S2/c1-15(21(32)26-22-19(20(25)31)17-11-8-12-18(17)34-22)33-24-28-27-23(29-13-6-3-7-14-29)30(24)16-9-4-2-5-10-16/h2,4-5,9-10,15H,3,6-8,11-14H2,1H3,(H2,25,31)(H,26,32)/t15-/m1/s1. The van der Waals surface area contributed by atoms with E-state index in [2.05, 4.69) is 20.4 Å². The summed E-state index contributed by atoms with van der Waals surface area (Å²) in [5.74, 6) is 0.145. The average molecular weight is 497 g/mol. The monoisotopic (exact) mass is 496 g/mol. The van der Waals surface area contributed by atoms with E-state index in [1.807, 2.05) is 41.8 Å². The van der Waals surface area contributed by atoms with Crippen LogP contribution in [0.1, 0.15) is 53.4 Å². The summed E-state index contributed by atoms with van der Waals surface area (Å²) in [4.78, 5) is 28.6. The van der Waals surface area contributed by atoms with Gasteiger partial charge in [0.25, 0.3) is 5.91 Å².